The number of hydrogen-bond donors (Lipinski definition) is 3. The van der Waals surface area contributed by atoms with Gasteiger partial charge in [-0.2, -0.15) is 0 Å². The normalized spacial score (nSPS) is 24.1. The van der Waals surface area contributed by atoms with Crippen LogP contribution in [0.3, 0.4) is 0 Å². The molecule has 0 saturated heterocycles. The van der Waals surface area contributed by atoms with Crippen molar-refractivity contribution in [1.29, 1.82) is 0 Å². The Hall–Kier alpha value is -2.67. The number of carbonyl (C=O) groups is 2. The van der Waals surface area contributed by atoms with Gasteiger partial charge in [0.05, 0.1) is 24.4 Å². The number of carbonyl (C=O) groups excluding carboxylic acids is 2. The van der Waals surface area contributed by atoms with E-state index < -0.39 is 6.10 Å². The summed E-state index contributed by atoms with van der Waals surface area (Å²) in [4.78, 5) is 25.1. The fourth-order valence-corrected chi connectivity index (χ4v) is 4.25. The lowest BCUT2D eigenvalue weighted by Crippen LogP contribution is -2.43. The molecule has 148 valence electrons. The van der Waals surface area contributed by atoms with Crippen molar-refractivity contribution in [3.05, 3.63) is 52.9 Å². The predicted molar refractivity (Wildman–Crippen MR) is 101 cm³/mol. The summed E-state index contributed by atoms with van der Waals surface area (Å²) in [6.45, 7) is 2.09. The summed E-state index contributed by atoms with van der Waals surface area (Å²) in [7, 11) is 0. The van der Waals surface area contributed by atoms with Crippen LogP contribution in [-0.2, 0) is 29.0 Å². The van der Waals surface area contributed by atoms with Crippen molar-refractivity contribution in [2.24, 2.45) is 11.8 Å². The molecule has 2 aromatic rings. The van der Waals surface area contributed by atoms with E-state index in [1.54, 1.807) is 6.07 Å². The Kier molecular flexibility index (Phi) is 5.17. The number of hydrogen-bond acceptors (Lipinski definition) is 5. The van der Waals surface area contributed by atoms with Gasteiger partial charge in [-0.05, 0) is 43.7 Å². The highest BCUT2D eigenvalue weighted by Crippen LogP contribution is 2.29. The summed E-state index contributed by atoms with van der Waals surface area (Å²) in [6.07, 6.45) is 1.53. The van der Waals surface area contributed by atoms with Gasteiger partial charge in [0.15, 0.2) is 5.76 Å². The molecule has 1 aromatic heterocycles. The number of aromatic nitrogens is 1. The Morgan fingerprint density at radius 3 is 2.50 bits per heavy atom. The minimum absolute atomic E-state index is 0.0431. The van der Waals surface area contributed by atoms with Gasteiger partial charge in [0.2, 0.25) is 11.8 Å². The number of rotatable bonds is 5. The van der Waals surface area contributed by atoms with Crippen LogP contribution >= 0.6 is 0 Å². The fraction of sp³-hybridized carbons (Fsp3) is 0.476. The summed E-state index contributed by atoms with van der Waals surface area (Å²) < 4.78 is 5.08. The highest BCUT2D eigenvalue weighted by atomic mass is 16.5. The third kappa shape index (κ3) is 3.94. The summed E-state index contributed by atoms with van der Waals surface area (Å²) in [6, 6.07) is 9.48. The van der Waals surface area contributed by atoms with Crippen LogP contribution in [0.15, 0.2) is 34.9 Å². The average Bonchev–Trinajstić information content (AvgIpc) is 3.38. The van der Waals surface area contributed by atoms with E-state index in [9.17, 15) is 14.7 Å². The molecule has 1 saturated carbocycles. The zero-order chi connectivity index (χ0) is 19.7. The predicted octanol–water partition coefficient (Wildman–Crippen LogP) is 1.27. The molecular weight excluding hydrogens is 358 g/mol. The topological polar surface area (TPSA) is 104 Å². The maximum atomic E-state index is 12.7. The number of aliphatic hydroxyl groups excluding tert-OH is 1. The fourth-order valence-electron chi connectivity index (χ4n) is 4.25. The van der Waals surface area contributed by atoms with Crippen LogP contribution in [0.4, 0.5) is 0 Å². The molecule has 4 rings (SSSR count). The summed E-state index contributed by atoms with van der Waals surface area (Å²) >= 11 is 0. The van der Waals surface area contributed by atoms with Gasteiger partial charge in [0.25, 0.3) is 0 Å². The first kappa shape index (κ1) is 18.7. The maximum absolute atomic E-state index is 12.7. The molecular formula is C21H25N3O4. The van der Waals surface area contributed by atoms with E-state index in [-0.39, 0.29) is 36.2 Å². The van der Waals surface area contributed by atoms with E-state index in [1.165, 1.54) is 11.1 Å². The molecule has 2 aliphatic carbocycles. The van der Waals surface area contributed by atoms with Crippen LogP contribution in [0, 0.1) is 18.8 Å². The quantitative estimate of drug-likeness (QED) is 0.721. The lowest BCUT2D eigenvalue weighted by molar-refractivity contribution is -0.127. The monoisotopic (exact) mass is 383 g/mol. The summed E-state index contributed by atoms with van der Waals surface area (Å²) in [5, 5.41) is 19.9. The Bertz CT molecular complexity index is 853. The molecule has 1 fully saturated rings. The number of fused-ring (bicyclic) bond motifs is 1. The van der Waals surface area contributed by atoms with E-state index in [0.29, 0.717) is 18.6 Å². The Morgan fingerprint density at radius 1 is 1.14 bits per heavy atom. The van der Waals surface area contributed by atoms with Crippen molar-refractivity contribution < 1.29 is 19.2 Å². The smallest absolute Gasteiger partial charge is 0.224 e. The molecule has 2 aliphatic rings. The van der Waals surface area contributed by atoms with Gasteiger partial charge in [-0.3, -0.25) is 9.59 Å². The number of nitrogens with one attached hydrogen (secondary N) is 2. The molecule has 0 spiro atoms. The molecule has 3 N–H and O–H groups in total. The number of aliphatic hydroxyl groups is 1. The molecule has 7 heteroatoms. The maximum Gasteiger partial charge on any atom is 0.224 e. The van der Waals surface area contributed by atoms with E-state index in [2.05, 4.69) is 27.9 Å². The van der Waals surface area contributed by atoms with E-state index >= 15 is 0 Å². The number of amides is 2. The standard InChI is InChI=1S/C21H25N3O4/c1-12-6-17(28-24-12)11-22-20(26)16-9-18(19(25)10-16)23-21(27)15-7-13-4-2-3-5-14(13)8-15/h2-6,15-16,18-19,25H,7-11H2,1H3,(H,22,26)(H,23,27)/t16-,18+,19+/m0/s1. The first-order valence-corrected chi connectivity index (χ1v) is 9.74. The van der Waals surface area contributed by atoms with Gasteiger partial charge in [-0.1, -0.05) is 29.4 Å². The molecule has 0 bridgehead atoms. The molecule has 7 nitrogen and oxygen atoms in total. The number of benzene rings is 1. The minimum Gasteiger partial charge on any atom is -0.391 e. The Balaban J connectivity index is 1.28. The average molecular weight is 383 g/mol. The van der Waals surface area contributed by atoms with Crippen molar-refractivity contribution in [1.82, 2.24) is 15.8 Å². The van der Waals surface area contributed by atoms with Crippen molar-refractivity contribution >= 4 is 11.8 Å². The van der Waals surface area contributed by atoms with Crippen molar-refractivity contribution in [3.63, 3.8) is 0 Å². The van der Waals surface area contributed by atoms with Crippen molar-refractivity contribution in [3.8, 4) is 0 Å². The Morgan fingerprint density at radius 2 is 1.86 bits per heavy atom. The van der Waals surface area contributed by atoms with E-state index in [4.69, 9.17) is 4.52 Å². The lowest BCUT2D eigenvalue weighted by atomic mass is 10.0. The van der Waals surface area contributed by atoms with Crippen LogP contribution in [-0.4, -0.2) is 34.2 Å². The van der Waals surface area contributed by atoms with Crippen LogP contribution in [0.5, 0.6) is 0 Å². The first-order valence-electron chi connectivity index (χ1n) is 9.74. The molecule has 0 unspecified atom stereocenters. The molecule has 1 aromatic carbocycles. The van der Waals surface area contributed by atoms with E-state index in [0.717, 1.165) is 18.5 Å². The van der Waals surface area contributed by atoms with E-state index in [1.807, 2.05) is 19.1 Å². The van der Waals surface area contributed by atoms with Gasteiger partial charge in [0, 0.05) is 17.9 Å². The summed E-state index contributed by atoms with van der Waals surface area (Å²) in [5.41, 5.74) is 3.20. The second-order valence-corrected chi connectivity index (χ2v) is 7.88. The van der Waals surface area contributed by atoms with Crippen LogP contribution < -0.4 is 10.6 Å². The third-order valence-corrected chi connectivity index (χ3v) is 5.76. The van der Waals surface area contributed by atoms with Crippen molar-refractivity contribution in [2.45, 2.75) is 51.3 Å². The van der Waals surface area contributed by atoms with Crippen LogP contribution in [0.2, 0.25) is 0 Å². The molecule has 0 radical (unpaired) electrons. The lowest BCUT2D eigenvalue weighted by Gasteiger charge is -2.19. The van der Waals surface area contributed by atoms with Gasteiger partial charge < -0.3 is 20.3 Å². The van der Waals surface area contributed by atoms with Gasteiger partial charge in [0.1, 0.15) is 0 Å². The van der Waals surface area contributed by atoms with Gasteiger partial charge in [-0.25, -0.2) is 0 Å². The molecule has 1 heterocycles. The van der Waals surface area contributed by atoms with Gasteiger partial charge in [-0.15, -0.1) is 0 Å². The number of aryl methyl sites for hydroxylation is 1. The largest absolute Gasteiger partial charge is 0.391 e. The van der Waals surface area contributed by atoms with Crippen molar-refractivity contribution in [2.75, 3.05) is 0 Å². The molecule has 2 amide bonds. The first-order chi connectivity index (χ1) is 13.5. The molecule has 0 aliphatic heterocycles. The molecule has 28 heavy (non-hydrogen) atoms. The van der Waals surface area contributed by atoms with Crippen LogP contribution in [0.25, 0.3) is 0 Å². The Labute approximate surface area is 163 Å². The second kappa shape index (κ2) is 7.75. The molecule has 3 atom stereocenters. The zero-order valence-corrected chi connectivity index (χ0v) is 15.9. The highest BCUT2D eigenvalue weighted by Gasteiger charge is 2.39. The highest BCUT2D eigenvalue weighted by molar-refractivity contribution is 5.82. The zero-order valence-electron chi connectivity index (χ0n) is 15.9. The SMILES string of the molecule is Cc1cc(CNC(=O)[C@@H]2C[C@@H](O)[C@H](NC(=O)C3Cc4ccccc4C3)C2)on1. The number of nitrogens with zero attached hydrogens (tertiary/aromatic N) is 1. The van der Waals surface area contributed by atoms with Gasteiger partial charge >= 0.3 is 0 Å². The summed E-state index contributed by atoms with van der Waals surface area (Å²) in [5.74, 6) is -0.0242. The third-order valence-electron chi connectivity index (χ3n) is 5.76. The minimum atomic E-state index is -0.712. The second-order valence-electron chi connectivity index (χ2n) is 7.88. The van der Waals surface area contributed by atoms with Crippen LogP contribution in [0.1, 0.15) is 35.4 Å².